The molecule has 0 saturated heterocycles. The van der Waals surface area contributed by atoms with Crippen LogP contribution in [0.2, 0.25) is 0 Å². The first kappa shape index (κ1) is 29.8. The Morgan fingerprint density at radius 1 is 0.379 bits per heavy atom. The lowest BCUT2D eigenvalue weighted by molar-refractivity contribution is 0.529. The van der Waals surface area contributed by atoms with E-state index in [0.29, 0.717) is 0 Å². The highest BCUT2D eigenvalue weighted by atomic mass is 31.1. The fourth-order valence-corrected chi connectivity index (χ4v) is 6.41. The molecule has 29 heavy (non-hydrogen) atoms. The molecule has 0 spiro atoms. The zero-order chi connectivity index (χ0) is 21.1. The van der Waals surface area contributed by atoms with Gasteiger partial charge in [0.25, 0.3) is 0 Å². The van der Waals surface area contributed by atoms with Gasteiger partial charge in [0.05, 0.1) is 0 Å². The van der Waals surface area contributed by atoms with Crippen LogP contribution in [-0.4, -0.2) is 31.2 Å². The summed E-state index contributed by atoms with van der Waals surface area (Å²) < 4.78 is 0. The Morgan fingerprint density at radius 2 is 0.655 bits per heavy atom. The van der Waals surface area contributed by atoms with Crippen LogP contribution in [0, 0.1) is 0 Å². The molecule has 2 atom stereocenters. The standard InChI is InChI=1S/C26H57NP2/c1-2-3-4-5-6-7-8-9-10-11-12-13-14-15-16-17-18-23-28-24-19-20-25-29-26-21-22-27/h28-29H,2-27H2,1H3. The zero-order valence-corrected chi connectivity index (χ0v) is 22.3. The van der Waals surface area contributed by atoms with Crippen molar-refractivity contribution in [2.45, 2.75) is 135 Å². The van der Waals surface area contributed by atoms with Crippen LogP contribution in [-0.2, 0) is 0 Å². The molecule has 0 aliphatic carbocycles. The van der Waals surface area contributed by atoms with Crippen LogP contribution in [0.5, 0.6) is 0 Å². The highest BCUT2D eigenvalue weighted by molar-refractivity contribution is 7.38. The SMILES string of the molecule is CCCCCCCCCCCCCCCCCCCPCCCCPCCCN. The summed E-state index contributed by atoms with van der Waals surface area (Å²) >= 11 is 0. The van der Waals surface area contributed by atoms with E-state index >= 15 is 0 Å². The van der Waals surface area contributed by atoms with Crippen LogP contribution in [0.3, 0.4) is 0 Å². The minimum absolute atomic E-state index is 0.883. The Balaban J connectivity index is 2.97. The summed E-state index contributed by atoms with van der Waals surface area (Å²) in [6.45, 7) is 3.19. The zero-order valence-electron chi connectivity index (χ0n) is 20.3. The van der Waals surface area contributed by atoms with Gasteiger partial charge in [-0.1, -0.05) is 110 Å². The summed E-state index contributed by atoms with van der Waals surface area (Å²) in [5.74, 6) is 0. The molecule has 0 aromatic heterocycles. The maximum Gasteiger partial charge on any atom is -0.00740 e. The minimum Gasteiger partial charge on any atom is -0.330 e. The fraction of sp³-hybridized carbons (Fsp3) is 1.00. The van der Waals surface area contributed by atoms with Gasteiger partial charge < -0.3 is 5.73 Å². The van der Waals surface area contributed by atoms with Gasteiger partial charge in [-0.05, 0) is 56.9 Å². The number of rotatable bonds is 26. The van der Waals surface area contributed by atoms with E-state index in [2.05, 4.69) is 6.92 Å². The lowest BCUT2D eigenvalue weighted by Crippen LogP contribution is -1.99. The fourth-order valence-electron chi connectivity index (χ4n) is 3.95. The van der Waals surface area contributed by atoms with Gasteiger partial charge in [0.2, 0.25) is 0 Å². The predicted molar refractivity (Wildman–Crippen MR) is 143 cm³/mol. The minimum atomic E-state index is 0.883. The highest BCUT2D eigenvalue weighted by Crippen LogP contribution is 2.20. The van der Waals surface area contributed by atoms with Gasteiger partial charge in [-0.15, -0.1) is 17.2 Å². The van der Waals surface area contributed by atoms with E-state index in [0.717, 1.165) is 6.54 Å². The Hall–Kier alpha value is 0.820. The van der Waals surface area contributed by atoms with Crippen molar-refractivity contribution >= 4 is 17.2 Å². The molecular formula is C26H57NP2. The molecule has 1 nitrogen and oxygen atoms in total. The second kappa shape index (κ2) is 28.8. The summed E-state index contributed by atoms with van der Waals surface area (Å²) in [7, 11) is 2.41. The van der Waals surface area contributed by atoms with Gasteiger partial charge >= 0.3 is 0 Å². The molecule has 0 saturated carbocycles. The number of unbranched alkanes of at least 4 members (excludes halogenated alkanes) is 17. The van der Waals surface area contributed by atoms with Crippen molar-refractivity contribution < 1.29 is 0 Å². The van der Waals surface area contributed by atoms with Crippen LogP contribution < -0.4 is 5.73 Å². The molecule has 2 unspecified atom stereocenters. The molecule has 0 aliphatic heterocycles. The third kappa shape index (κ3) is 28.8. The maximum atomic E-state index is 5.53. The highest BCUT2D eigenvalue weighted by Gasteiger charge is 1.96. The van der Waals surface area contributed by atoms with E-state index in [9.17, 15) is 0 Å². The molecule has 0 aliphatic rings. The van der Waals surface area contributed by atoms with Crippen molar-refractivity contribution in [2.75, 3.05) is 31.2 Å². The van der Waals surface area contributed by atoms with Crippen molar-refractivity contribution in [3.63, 3.8) is 0 Å². The molecule has 0 radical (unpaired) electrons. The monoisotopic (exact) mass is 445 g/mol. The molecule has 0 bridgehead atoms. The summed E-state index contributed by atoms with van der Waals surface area (Å²) in [5.41, 5.74) is 5.53. The molecule has 0 heterocycles. The van der Waals surface area contributed by atoms with Crippen molar-refractivity contribution in [2.24, 2.45) is 5.73 Å². The van der Waals surface area contributed by atoms with Crippen LogP contribution in [0.1, 0.15) is 135 Å². The first-order valence-corrected chi connectivity index (χ1v) is 16.4. The molecule has 176 valence electrons. The molecule has 0 amide bonds. The van der Waals surface area contributed by atoms with Crippen molar-refractivity contribution in [1.29, 1.82) is 0 Å². The summed E-state index contributed by atoms with van der Waals surface area (Å²) in [5, 5.41) is 0. The number of hydrogen-bond acceptors (Lipinski definition) is 1. The van der Waals surface area contributed by atoms with Gasteiger partial charge in [0, 0.05) is 0 Å². The van der Waals surface area contributed by atoms with Gasteiger partial charge in [0.1, 0.15) is 0 Å². The smallest absolute Gasteiger partial charge is 0.00740 e. The Morgan fingerprint density at radius 3 is 1.00 bits per heavy atom. The van der Waals surface area contributed by atoms with Crippen molar-refractivity contribution in [3.05, 3.63) is 0 Å². The Labute approximate surface area is 189 Å². The summed E-state index contributed by atoms with van der Waals surface area (Å²) in [6, 6.07) is 0. The maximum absolute atomic E-state index is 5.53. The predicted octanol–water partition coefficient (Wildman–Crippen LogP) is 9.12. The van der Waals surface area contributed by atoms with Crippen LogP contribution >= 0.6 is 17.2 Å². The first-order valence-electron chi connectivity index (χ1n) is 13.5. The molecule has 0 aromatic carbocycles. The Bertz CT molecular complexity index is 247. The lowest BCUT2D eigenvalue weighted by atomic mass is 10.0. The third-order valence-corrected chi connectivity index (χ3v) is 8.80. The largest absolute Gasteiger partial charge is 0.330 e. The first-order chi connectivity index (χ1) is 14.4. The van der Waals surface area contributed by atoms with Crippen molar-refractivity contribution in [3.8, 4) is 0 Å². The molecule has 3 heteroatoms. The van der Waals surface area contributed by atoms with E-state index in [1.54, 1.807) is 0 Å². The van der Waals surface area contributed by atoms with E-state index < -0.39 is 0 Å². The van der Waals surface area contributed by atoms with Crippen molar-refractivity contribution in [1.82, 2.24) is 0 Å². The van der Waals surface area contributed by atoms with E-state index in [-0.39, 0.29) is 0 Å². The van der Waals surface area contributed by atoms with E-state index in [1.807, 2.05) is 0 Å². The van der Waals surface area contributed by atoms with Crippen LogP contribution in [0.4, 0.5) is 0 Å². The Kier molecular flexibility index (Phi) is 29.6. The average Bonchev–Trinajstić information content (AvgIpc) is 2.74. The molecule has 0 rings (SSSR count). The van der Waals surface area contributed by atoms with Crippen LogP contribution in [0.15, 0.2) is 0 Å². The third-order valence-electron chi connectivity index (χ3n) is 5.97. The van der Waals surface area contributed by atoms with Crippen LogP contribution in [0.25, 0.3) is 0 Å². The number of nitrogens with two attached hydrogens (primary N) is 1. The van der Waals surface area contributed by atoms with Gasteiger partial charge in [0.15, 0.2) is 0 Å². The van der Waals surface area contributed by atoms with E-state index in [1.165, 1.54) is 170 Å². The summed E-state index contributed by atoms with van der Waals surface area (Å²) in [6.07, 6.45) is 35.1. The van der Waals surface area contributed by atoms with Gasteiger partial charge in [-0.3, -0.25) is 0 Å². The van der Waals surface area contributed by atoms with Gasteiger partial charge in [-0.2, -0.15) is 0 Å². The van der Waals surface area contributed by atoms with E-state index in [4.69, 9.17) is 5.73 Å². The molecule has 0 fully saturated rings. The molecule has 0 aromatic rings. The molecule has 2 N–H and O–H groups in total. The van der Waals surface area contributed by atoms with Gasteiger partial charge in [-0.25, -0.2) is 0 Å². The average molecular weight is 446 g/mol. The second-order valence-electron chi connectivity index (χ2n) is 9.01. The second-order valence-corrected chi connectivity index (χ2v) is 12.0. The lowest BCUT2D eigenvalue weighted by Gasteiger charge is -2.04. The topological polar surface area (TPSA) is 26.0 Å². The quantitative estimate of drug-likeness (QED) is 0.104. The number of hydrogen-bond donors (Lipinski definition) is 1. The molecular weight excluding hydrogens is 388 g/mol. The normalized spacial score (nSPS) is 12.2. The summed E-state index contributed by atoms with van der Waals surface area (Å²) in [4.78, 5) is 0.